The van der Waals surface area contributed by atoms with Crippen molar-refractivity contribution in [1.29, 1.82) is 0 Å². The molecule has 2 aliphatic rings. The van der Waals surface area contributed by atoms with Crippen LogP contribution in [0.4, 0.5) is 14.9 Å². The number of hydrogen-bond donors (Lipinski definition) is 0. The molecule has 7 heteroatoms. The summed E-state index contributed by atoms with van der Waals surface area (Å²) in [6.07, 6.45) is 2.81. The fourth-order valence-electron chi connectivity index (χ4n) is 2.67. The van der Waals surface area contributed by atoms with Gasteiger partial charge in [-0.3, -0.25) is 4.79 Å². The Morgan fingerprint density at radius 2 is 2.13 bits per heavy atom. The highest BCUT2D eigenvalue weighted by molar-refractivity contribution is 5.98. The van der Waals surface area contributed by atoms with E-state index in [9.17, 15) is 14.0 Å². The molecule has 122 valence electrons. The van der Waals surface area contributed by atoms with Gasteiger partial charge >= 0.3 is 6.09 Å². The van der Waals surface area contributed by atoms with E-state index in [4.69, 9.17) is 9.47 Å². The second-order valence-electron chi connectivity index (χ2n) is 5.39. The van der Waals surface area contributed by atoms with Crippen LogP contribution in [0.15, 0.2) is 24.8 Å². The van der Waals surface area contributed by atoms with Gasteiger partial charge in [0.2, 0.25) is 0 Å². The fraction of sp³-hybridized carbons (Fsp3) is 0.375. The quantitative estimate of drug-likeness (QED) is 0.802. The highest BCUT2D eigenvalue weighted by atomic mass is 19.1. The van der Waals surface area contributed by atoms with Gasteiger partial charge < -0.3 is 19.3 Å². The van der Waals surface area contributed by atoms with Gasteiger partial charge in [-0.05, 0) is 12.8 Å². The summed E-state index contributed by atoms with van der Waals surface area (Å²) in [6, 6.07) is 2.45. The summed E-state index contributed by atoms with van der Waals surface area (Å²) >= 11 is 0. The number of ether oxygens (including phenoxy) is 2. The van der Waals surface area contributed by atoms with E-state index < -0.39 is 11.9 Å². The van der Waals surface area contributed by atoms with Crippen LogP contribution in [0.1, 0.15) is 12.8 Å². The van der Waals surface area contributed by atoms with Gasteiger partial charge in [-0.2, -0.15) is 0 Å². The predicted octanol–water partition coefficient (Wildman–Crippen LogP) is 2.33. The monoisotopic (exact) mass is 320 g/mol. The minimum Gasteiger partial charge on any atom is -0.481 e. The Bertz CT molecular complexity index is 656. The third-order valence-electron chi connectivity index (χ3n) is 3.83. The summed E-state index contributed by atoms with van der Waals surface area (Å²) in [5.41, 5.74) is 0.367. The van der Waals surface area contributed by atoms with Gasteiger partial charge in [0, 0.05) is 31.8 Å². The molecule has 3 rings (SSSR count). The van der Waals surface area contributed by atoms with Crippen molar-refractivity contribution in [1.82, 2.24) is 4.90 Å². The van der Waals surface area contributed by atoms with Crippen LogP contribution in [0, 0.1) is 5.82 Å². The van der Waals surface area contributed by atoms with Gasteiger partial charge in [-0.15, -0.1) is 6.58 Å². The molecule has 23 heavy (non-hydrogen) atoms. The van der Waals surface area contributed by atoms with E-state index in [2.05, 4.69) is 6.58 Å². The maximum atomic E-state index is 14.1. The summed E-state index contributed by atoms with van der Waals surface area (Å²) in [4.78, 5) is 26.9. The second kappa shape index (κ2) is 6.28. The average molecular weight is 320 g/mol. The van der Waals surface area contributed by atoms with Crippen molar-refractivity contribution in [3.8, 4) is 11.5 Å². The Labute approximate surface area is 133 Å². The van der Waals surface area contributed by atoms with Crippen molar-refractivity contribution in [3.63, 3.8) is 0 Å². The van der Waals surface area contributed by atoms with Crippen molar-refractivity contribution in [3.05, 3.63) is 30.6 Å². The molecule has 0 radical (unpaired) electrons. The van der Waals surface area contributed by atoms with Crippen molar-refractivity contribution in [2.45, 2.75) is 12.8 Å². The summed E-state index contributed by atoms with van der Waals surface area (Å²) < 4.78 is 24.5. The first-order valence-corrected chi connectivity index (χ1v) is 7.44. The SMILES string of the molecule is C=CCN1C(=O)COc2cc(F)c(OC(=O)N3CCCC3)cc21. The molecule has 0 aliphatic carbocycles. The minimum absolute atomic E-state index is 0.160. The van der Waals surface area contributed by atoms with Crippen LogP contribution >= 0.6 is 0 Å². The Hall–Kier alpha value is -2.57. The molecule has 2 amide bonds. The lowest BCUT2D eigenvalue weighted by atomic mass is 10.2. The van der Waals surface area contributed by atoms with E-state index in [0.29, 0.717) is 18.8 Å². The Balaban J connectivity index is 1.88. The number of carbonyl (C=O) groups is 2. The molecule has 0 saturated carbocycles. The predicted molar refractivity (Wildman–Crippen MR) is 81.3 cm³/mol. The van der Waals surface area contributed by atoms with E-state index >= 15 is 0 Å². The maximum Gasteiger partial charge on any atom is 0.415 e. The summed E-state index contributed by atoms with van der Waals surface area (Å²) in [5.74, 6) is -0.942. The molecule has 0 N–H and O–H groups in total. The van der Waals surface area contributed by atoms with E-state index in [-0.39, 0.29) is 30.6 Å². The van der Waals surface area contributed by atoms with Crippen LogP contribution < -0.4 is 14.4 Å². The number of halogens is 1. The zero-order valence-electron chi connectivity index (χ0n) is 12.6. The average Bonchev–Trinajstić information content (AvgIpc) is 3.06. The first-order chi connectivity index (χ1) is 11.1. The molecular formula is C16H17FN2O4. The zero-order chi connectivity index (χ0) is 16.4. The number of carbonyl (C=O) groups excluding carboxylic acids is 2. The molecule has 1 saturated heterocycles. The van der Waals surface area contributed by atoms with Gasteiger partial charge in [0.25, 0.3) is 5.91 Å². The molecule has 2 heterocycles. The lowest BCUT2D eigenvalue weighted by Crippen LogP contribution is -2.39. The van der Waals surface area contributed by atoms with Crippen molar-refractivity contribution in [2.24, 2.45) is 0 Å². The van der Waals surface area contributed by atoms with Crippen molar-refractivity contribution < 1.29 is 23.5 Å². The number of benzene rings is 1. The third kappa shape index (κ3) is 2.99. The Kier molecular flexibility index (Phi) is 4.18. The lowest BCUT2D eigenvalue weighted by molar-refractivity contribution is -0.121. The zero-order valence-corrected chi connectivity index (χ0v) is 12.6. The topological polar surface area (TPSA) is 59.1 Å². The molecule has 0 atom stereocenters. The summed E-state index contributed by atoms with van der Waals surface area (Å²) in [7, 11) is 0. The fourth-order valence-corrected chi connectivity index (χ4v) is 2.67. The van der Waals surface area contributed by atoms with E-state index in [1.54, 1.807) is 6.08 Å². The maximum absolute atomic E-state index is 14.1. The number of anilines is 1. The van der Waals surface area contributed by atoms with Crippen LogP contribution in [-0.4, -0.2) is 43.1 Å². The van der Waals surface area contributed by atoms with Crippen molar-refractivity contribution >= 4 is 17.7 Å². The Morgan fingerprint density at radius 1 is 1.39 bits per heavy atom. The second-order valence-corrected chi connectivity index (χ2v) is 5.39. The number of likely N-dealkylation sites (tertiary alicyclic amines) is 1. The number of amides is 2. The summed E-state index contributed by atoms with van der Waals surface area (Å²) in [6.45, 7) is 4.92. The molecular weight excluding hydrogens is 303 g/mol. The normalized spacial score (nSPS) is 16.8. The number of nitrogens with zero attached hydrogens (tertiary/aromatic N) is 2. The Morgan fingerprint density at radius 3 is 2.83 bits per heavy atom. The highest BCUT2D eigenvalue weighted by Crippen LogP contribution is 2.37. The lowest BCUT2D eigenvalue weighted by Gasteiger charge is -2.29. The van der Waals surface area contributed by atoms with Crippen LogP contribution in [0.25, 0.3) is 0 Å². The number of rotatable bonds is 3. The molecule has 2 aliphatic heterocycles. The molecule has 0 spiro atoms. The third-order valence-corrected chi connectivity index (χ3v) is 3.83. The van der Waals surface area contributed by atoms with Crippen molar-refractivity contribution in [2.75, 3.05) is 31.1 Å². The van der Waals surface area contributed by atoms with Gasteiger partial charge in [-0.25, -0.2) is 9.18 Å². The van der Waals surface area contributed by atoms with Gasteiger partial charge in [0.05, 0.1) is 5.69 Å². The van der Waals surface area contributed by atoms with E-state index in [1.807, 2.05) is 0 Å². The van der Waals surface area contributed by atoms with Gasteiger partial charge in [-0.1, -0.05) is 6.08 Å². The van der Waals surface area contributed by atoms with Crippen LogP contribution in [0.2, 0.25) is 0 Å². The molecule has 0 bridgehead atoms. The molecule has 0 aromatic heterocycles. The van der Waals surface area contributed by atoms with Crippen LogP contribution in [-0.2, 0) is 4.79 Å². The molecule has 1 fully saturated rings. The van der Waals surface area contributed by atoms with Gasteiger partial charge in [0.15, 0.2) is 18.2 Å². The molecule has 1 aromatic carbocycles. The van der Waals surface area contributed by atoms with E-state index in [0.717, 1.165) is 18.9 Å². The molecule has 1 aromatic rings. The van der Waals surface area contributed by atoms with Gasteiger partial charge in [0.1, 0.15) is 5.75 Å². The number of hydrogen-bond acceptors (Lipinski definition) is 4. The largest absolute Gasteiger partial charge is 0.481 e. The van der Waals surface area contributed by atoms with Crippen LogP contribution in [0.3, 0.4) is 0 Å². The first kappa shape index (κ1) is 15.3. The highest BCUT2D eigenvalue weighted by Gasteiger charge is 2.28. The standard InChI is InChI=1S/C16H17FN2O4/c1-2-5-19-12-9-13(23-16(21)18-6-3-4-7-18)11(17)8-14(12)22-10-15(19)20/h2,8-9H,1,3-7,10H2. The molecule has 6 nitrogen and oxygen atoms in total. The van der Waals surface area contributed by atoms with Crippen LogP contribution in [0.5, 0.6) is 11.5 Å². The summed E-state index contributed by atoms with van der Waals surface area (Å²) in [5, 5.41) is 0. The minimum atomic E-state index is -0.704. The first-order valence-electron chi connectivity index (χ1n) is 7.44. The number of fused-ring (bicyclic) bond motifs is 1. The van der Waals surface area contributed by atoms with E-state index in [1.165, 1.54) is 15.9 Å². The smallest absolute Gasteiger partial charge is 0.415 e. The molecule has 0 unspecified atom stereocenters.